The molecule has 0 radical (unpaired) electrons. The quantitative estimate of drug-likeness (QED) is 0.763. The van der Waals surface area contributed by atoms with Crippen molar-refractivity contribution in [1.29, 1.82) is 0 Å². The summed E-state index contributed by atoms with van der Waals surface area (Å²) in [4.78, 5) is 25.9. The van der Waals surface area contributed by atoms with Gasteiger partial charge in [-0.15, -0.1) is 0 Å². The molecule has 0 aliphatic carbocycles. The van der Waals surface area contributed by atoms with E-state index in [-0.39, 0.29) is 5.91 Å². The van der Waals surface area contributed by atoms with Gasteiger partial charge in [0.2, 0.25) is 0 Å². The van der Waals surface area contributed by atoms with Crippen LogP contribution in [0.25, 0.3) is 0 Å². The molecule has 156 valence electrons. The molecule has 0 aromatic carbocycles. The summed E-state index contributed by atoms with van der Waals surface area (Å²) >= 11 is 6.58. The minimum atomic E-state index is 0.0409. The van der Waals surface area contributed by atoms with E-state index in [0.717, 1.165) is 75.9 Å². The Morgan fingerprint density at radius 2 is 1.97 bits per heavy atom. The van der Waals surface area contributed by atoms with Crippen molar-refractivity contribution in [3.05, 3.63) is 34.5 Å². The number of pyridine rings is 1. The number of aryl methyl sites for hydroxylation is 2. The lowest BCUT2D eigenvalue weighted by Gasteiger charge is -2.34. The minimum absolute atomic E-state index is 0.0409. The number of aromatic nitrogens is 4. The highest BCUT2D eigenvalue weighted by atomic mass is 35.5. The van der Waals surface area contributed by atoms with Crippen LogP contribution in [0.2, 0.25) is 5.02 Å². The van der Waals surface area contributed by atoms with Crippen LogP contribution in [0.3, 0.4) is 0 Å². The molecule has 1 unspecified atom stereocenters. The number of hydrogen-bond acceptors (Lipinski definition) is 5. The van der Waals surface area contributed by atoms with E-state index in [1.807, 2.05) is 23.4 Å². The molecule has 2 saturated heterocycles. The van der Waals surface area contributed by atoms with Crippen LogP contribution in [0.1, 0.15) is 54.1 Å². The molecular weight excluding hydrogens is 388 g/mol. The Bertz CT molecular complexity index is 876. The van der Waals surface area contributed by atoms with E-state index in [2.05, 4.69) is 20.0 Å². The first kappa shape index (κ1) is 20.1. The highest BCUT2D eigenvalue weighted by Gasteiger charge is 2.25. The van der Waals surface area contributed by atoms with E-state index in [4.69, 9.17) is 11.6 Å². The fraction of sp³-hybridized carbons (Fsp3) is 0.619. The Kier molecular flexibility index (Phi) is 6.04. The summed E-state index contributed by atoms with van der Waals surface area (Å²) in [7, 11) is 0. The van der Waals surface area contributed by atoms with Crippen LogP contribution in [0.4, 0.5) is 5.82 Å². The lowest BCUT2D eigenvalue weighted by Crippen LogP contribution is -2.38. The number of carbonyl (C=O) groups excluding carboxylic acids is 1. The summed E-state index contributed by atoms with van der Waals surface area (Å²) in [5.74, 6) is 3.05. The molecule has 0 spiro atoms. The minimum Gasteiger partial charge on any atom is -0.355 e. The van der Waals surface area contributed by atoms with E-state index in [1.165, 1.54) is 6.42 Å². The zero-order valence-corrected chi connectivity index (χ0v) is 18.0. The van der Waals surface area contributed by atoms with Gasteiger partial charge < -0.3 is 9.80 Å². The lowest BCUT2D eigenvalue weighted by molar-refractivity contribution is 0.0724. The van der Waals surface area contributed by atoms with Crippen LogP contribution in [0, 0.1) is 19.8 Å². The number of halogens is 1. The Morgan fingerprint density at radius 3 is 2.66 bits per heavy atom. The van der Waals surface area contributed by atoms with E-state index >= 15 is 0 Å². The Morgan fingerprint density at radius 1 is 1.17 bits per heavy atom. The van der Waals surface area contributed by atoms with E-state index < -0.39 is 0 Å². The van der Waals surface area contributed by atoms with Crippen LogP contribution in [0.15, 0.2) is 12.3 Å². The van der Waals surface area contributed by atoms with Crippen molar-refractivity contribution in [1.82, 2.24) is 24.6 Å². The van der Waals surface area contributed by atoms with Crippen LogP contribution in [0.5, 0.6) is 0 Å². The second-order valence-corrected chi connectivity index (χ2v) is 8.63. The molecule has 4 rings (SSSR count). The number of nitrogens with zero attached hydrogens (tertiary/aromatic N) is 6. The number of anilines is 1. The monoisotopic (exact) mass is 416 g/mol. The Hall–Kier alpha value is -2.15. The standard InChI is InChI=1S/C21H29ClN6O/c1-15-24-16(2)28(25-15)14-17-7-6-10-27(13-17)20-19(22)11-18(12-23-20)21(29)26-8-4-3-5-9-26/h11-12,17H,3-10,13-14H2,1-2H3. The summed E-state index contributed by atoms with van der Waals surface area (Å²) in [5, 5.41) is 5.05. The second-order valence-electron chi connectivity index (χ2n) is 8.22. The summed E-state index contributed by atoms with van der Waals surface area (Å²) < 4.78 is 2.00. The average Bonchev–Trinajstić information content (AvgIpc) is 3.04. The van der Waals surface area contributed by atoms with Crippen molar-refractivity contribution in [2.45, 2.75) is 52.5 Å². The summed E-state index contributed by atoms with van der Waals surface area (Å²) in [6, 6.07) is 1.79. The number of rotatable bonds is 4. The highest BCUT2D eigenvalue weighted by Crippen LogP contribution is 2.29. The van der Waals surface area contributed by atoms with Crippen LogP contribution < -0.4 is 4.90 Å². The normalized spacial score (nSPS) is 20.2. The van der Waals surface area contributed by atoms with Gasteiger partial charge in [-0.3, -0.25) is 4.79 Å². The maximum atomic E-state index is 12.7. The molecule has 0 saturated carbocycles. The first-order chi connectivity index (χ1) is 14.0. The van der Waals surface area contributed by atoms with Gasteiger partial charge >= 0.3 is 0 Å². The van der Waals surface area contributed by atoms with Gasteiger partial charge in [0.05, 0.1) is 10.6 Å². The largest absolute Gasteiger partial charge is 0.355 e. The highest BCUT2D eigenvalue weighted by molar-refractivity contribution is 6.33. The molecule has 0 bridgehead atoms. The summed E-state index contributed by atoms with van der Waals surface area (Å²) in [5.41, 5.74) is 0.586. The maximum Gasteiger partial charge on any atom is 0.255 e. The fourth-order valence-electron chi connectivity index (χ4n) is 4.45. The zero-order valence-electron chi connectivity index (χ0n) is 17.3. The van der Waals surface area contributed by atoms with Gasteiger partial charge in [-0.1, -0.05) is 11.6 Å². The predicted octanol–water partition coefficient (Wildman–Crippen LogP) is 3.49. The SMILES string of the molecule is Cc1nc(C)n(CC2CCCN(c3ncc(C(=O)N4CCCCC4)cc3Cl)C2)n1. The number of piperidine rings is 2. The first-order valence-electron chi connectivity index (χ1n) is 10.6. The molecule has 0 N–H and O–H groups in total. The second kappa shape index (κ2) is 8.69. The molecule has 1 amide bonds. The molecule has 4 heterocycles. The molecule has 2 fully saturated rings. The van der Waals surface area contributed by atoms with Crippen molar-refractivity contribution >= 4 is 23.3 Å². The fourth-order valence-corrected chi connectivity index (χ4v) is 4.73. The third-order valence-corrected chi connectivity index (χ3v) is 6.20. The molecule has 1 atom stereocenters. The summed E-state index contributed by atoms with van der Waals surface area (Å²) in [6.45, 7) is 8.24. The Balaban J connectivity index is 1.44. The predicted molar refractivity (Wildman–Crippen MR) is 113 cm³/mol. The molecule has 8 heteroatoms. The molecule has 2 aliphatic heterocycles. The van der Waals surface area contributed by atoms with Crippen molar-refractivity contribution in [3.8, 4) is 0 Å². The maximum absolute atomic E-state index is 12.7. The first-order valence-corrected chi connectivity index (χ1v) is 11.0. The van der Waals surface area contributed by atoms with E-state index in [9.17, 15) is 4.79 Å². The number of hydrogen-bond donors (Lipinski definition) is 0. The van der Waals surface area contributed by atoms with Crippen LogP contribution in [-0.4, -0.2) is 56.7 Å². The number of amides is 1. The Labute approximate surface area is 177 Å². The van der Waals surface area contributed by atoms with Crippen LogP contribution >= 0.6 is 11.6 Å². The van der Waals surface area contributed by atoms with Gasteiger partial charge in [-0.25, -0.2) is 14.6 Å². The number of likely N-dealkylation sites (tertiary alicyclic amines) is 1. The molecule has 7 nitrogen and oxygen atoms in total. The van der Waals surface area contributed by atoms with Crippen molar-refractivity contribution in [2.75, 3.05) is 31.1 Å². The smallest absolute Gasteiger partial charge is 0.255 e. The third-order valence-electron chi connectivity index (χ3n) is 5.92. The molecule has 29 heavy (non-hydrogen) atoms. The third kappa shape index (κ3) is 4.55. The van der Waals surface area contributed by atoms with Crippen LogP contribution in [-0.2, 0) is 6.54 Å². The number of carbonyl (C=O) groups is 1. The lowest BCUT2D eigenvalue weighted by atomic mass is 9.98. The van der Waals surface area contributed by atoms with Crippen molar-refractivity contribution in [2.24, 2.45) is 5.92 Å². The summed E-state index contributed by atoms with van der Waals surface area (Å²) in [6.07, 6.45) is 7.27. The van der Waals surface area contributed by atoms with Gasteiger partial charge in [0, 0.05) is 38.9 Å². The van der Waals surface area contributed by atoms with E-state index in [1.54, 1.807) is 12.3 Å². The van der Waals surface area contributed by atoms with Gasteiger partial charge in [0.15, 0.2) is 0 Å². The van der Waals surface area contributed by atoms with Gasteiger partial charge in [0.1, 0.15) is 17.5 Å². The van der Waals surface area contributed by atoms with Gasteiger partial charge in [-0.05, 0) is 57.9 Å². The molecule has 2 aliphatic rings. The average molecular weight is 417 g/mol. The van der Waals surface area contributed by atoms with Crippen molar-refractivity contribution in [3.63, 3.8) is 0 Å². The van der Waals surface area contributed by atoms with Gasteiger partial charge in [-0.2, -0.15) is 5.10 Å². The molecular formula is C21H29ClN6O. The molecule has 2 aromatic heterocycles. The topological polar surface area (TPSA) is 67.2 Å². The molecule has 2 aromatic rings. The van der Waals surface area contributed by atoms with E-state index in [0.29, 0.717) is 16.5 Å². The van der Waals surface area contributed by atoms with Crippen molar-refractivity contribution < 1.29 is 4.79 Å². The zero-order chi connectivity index (χ0) is 20.4. The van der Waals surface area contributed by atoms with Gasteiger partial charge in [0.25, 0.3) is 5.91 Å².